The molecule has 208 valence electrons. The van der Waals surface area contributed by atoms with Crippen molar-refractivity contribution in [1.82, 2.24) is 0 Å². The fourth-order valence-electron chi connectivity index (χ4n) is 5.32. The number of hydrogen-bond acceptors (Lipinski definition) is 8. The van der Waals surface area contributed by atoms with Gasteiger partial charge in [0, 0.05) is 35.0 Å². The second kappa shape index (κ2) is 11.5. The number of Topliss-reactive ketones (excluding diaryl/α,β-unsaturated/α-hetero) is 1. The number of allylic oxidation sites excluding steroid dienone is 3. The smallest absolute Gasteiger partial charge is 0.310 e. The molecule has 0 spiro atoms. The summed E-state index contributed by atoms with van der Waals surface area (Å²) in [6.45, 7) is -0.0507. The molecule has 5 rings (SSSR count). The van der Waals surface area contributed by atoms with Gasteiger partial charge in [-0.2, -0.15) is 5.26 Å². The highest BCUT2D eigenvalue weighted by Crippen LogP contribution is 2.47. The highest BCUT2D eigenvalue weighted by Gasteiger charge is 2.40. The quantitative estimate of drug-likeness (QED) is 0.235. The number of ether oxygens (including phenoxy) is 2. The zero-order valence-electron chi connectivity index (χ0n) is 21.9. The van der Waals surface area contributed by atoms with Crippen LogP contribution in [-0.4, -0.2) is 17.8 Å². The summed E-state index contributed by atoms with van der Waals surface area (Å²) in [6.07, 6.45) is 1.54. The number of carbonyl (C=O) groups excluding carboxylic acids is 1. The largest absolute Gasteiger partial charge is 0.496 e. The van der Waals surface area contributed by atoms with Gasteiger partial charge in [-0.15, -0.1) is 0 Å². The van der Waals surface area contributed by atoms with Gasteiger partial charge in [0.2, 0.25) is 0 Å². The zero-order valence-corrected chi connectivity index (χ0v) is 23.4. The van der Waals surface area contributed by atoms with Gasteiger partial charge in [0.05, 0.1) is 39.6 Å². The van der Waals surface area contributed by atoms with Gasteiger partial charge >= 0.3 is 5.69 Å². The predicted octanol–water partition coefficient (Wildman–Crippen LogP) is 6.79. The number of nitrogens with two attached hydrogens (primary N) is 1. The van der Waals surface area contributed by atoms with Crippen LogP contribution in [0.4, 0.5) is 11.4 Å². The van der Waals surface area contributed by atoms with Gasteiger partial charge in [-0.3, -0.25) is 19.8 Å². The number of hydrogen-bond donors (Lipinski definition) is 1. The van der Waals surface area contributed by atoms with Crippen LogP contribution in [0.5, 0.6) is 11.5 Å². The van der Waals surface area contributed by atoms with Crippen LogP contribution >= 0.6 is 23.2 Å². The molecule has 0 bridgehead atoms. The Kier molecular flexibility index (Phi) is 7.88. The molecule has 3 aromatic carbocycles. The highest BCUT2D eigenvalue weighted by molar-refractivity contribution is 6.42. The molecule has 0 aromatic heterocycles. The third kappa shape index (κ3) is 5.20. The van der Waals surface area contributed by atoms with Crippen LogP contribution in [0, 0.1) is 21.4 Å². The van der Waals surface area contributed by atoms with Gasteiger partial charge < -0.3 is 15.2 Å². The Hall–Kier alpha value is -4.52. The summed E-state index contributed by atoms with van der Waals surface area (Å²) in [5, 5.41) is 22.5. The maximum absolute atomic E-state index is 13.5. The van der Waals surface area contributed by atoms with E-state index in [0.29, 0.717) is 63.1 Å². The molecule has 1 aliphatic heterocycles. The van der Waals surface area contributed by atoms with Crippen LogP contribution in [0.1, 0.15) is 36.3 Å². The number of para-hydroxylation sites is 2. The first kappa shape index (κ1) is 28.0. The lowest BCUT2D eigenvalue weighted by molar-refractivity contribution is -0.385. The van der Waals surface area contributed by atoms with Crippen molar-refractivity contribution in [3.8, 4) is 17.6 Å². The van der Waals surface area contributed by atoms with Gasteiger partial charge in [0.15, 0.2) is 11.5 Å². The zero-order chi connectivity index (χ0) is 29.3. The maximum atomic E-state index is 13.5. The number of ketones is 1. The number of halogens is 2. The summed E-state index contributed by atoms with van der Waals surface area (Å²) >= 11 is 12.4. The Labute approximate surface area is 246 Å². The van der Waals surface area contributed by atoms with Crippen molar-refractivity contribution >= 4 is 40.4 Å². The highest BCUT2D eigenvalue weighted by atomic mass is 35.5. The van der Waals surface area contributed by atoms with E-state index in [2.05, 4.69) is 6.07 Å². The molecule has 9 nitrogen and oxygen atoms in total. The van der Waals surface area contributed by atoms with Crippen molar-refractivity contribution in [2.45, 2.75) is 31.8 Å². The molecule has 11 heteroatoms. The minimum atomic E-state index is -0.725. The summed E-state index contributed by atoms with van der Waals surface area (Å²) in [6, 6.07) is 18.6. The van der Waals surface area contributed by atoms with Crippen molar-refractivity contribution in [1.29, 1.82) is 5.26 Å². The normalized spacial score (nSPS) is 16.8. The van der Waals surface area contributed by atoms with E-state index < -0.39 is 10.8 Å². The molecule has 0 saturated carbocycles. The molecule has 0 saturated heterocycles. The first-order valence-corrected chi connectivity index (χ1v) is 13.4. The van der Waals surface area contributed by atoms with Crippen LogP contribution in [0.2, 0.25) is 10.0 Å². The SMILES string of the molecule is COc1ccc([C@@H]2C(C#N)=C(N)N(c3ccc(Cl)c(Cl)c3)C3=C2C(=O)CCC3)cc1COc1ccccc1[N+](=O)[O-]. The Bertz CT molecular complexity index is 1680. The monoisotopic (exact) mass is 590 g/mol. The molecule has 1 heterocycles. The van der Waals surface area contributed by atoms with E-state index in [4.69, 9.17) is 38.4 Å². The van der Waals surface area contributed by atoms with Crippen molar-refractivity contribution in [2.24, 2.45) is 5.73 Å². The van der Waals surface area contributed by atoms with Crippen LogP contribution in [0.25, 0.3) is 0 Å². The lowest BCUT2D eigenvalue weighted by Crippen LogP contribution is -2.38. The van der Waals surface area contributed by atoms with E-state index in [0.717, 1.165) is 0 Å². The molecule has 2 N–H and O–H groups in total. The molecule has 1 atom stereocenters. The number of carbonyl (C=O) groups is 1. The molecule has 2 aliphatic rings. The Morgan fingerprint density at radius 1 is 1.10 bits per heavy atom. The van der Waals surface area contributed by atoms with E-state index in [9.17, 15) is 20.2 Å². The number of nitro benzene ring substituents is 1. The second-order valence-corrected chi connectivity index (χ2v) is 10.3. The first-order chi connectivity index (χ1) is 19.7. The van der Waals surface area contributed by atoms with Gasteiger partial charge in [0.25, 0.3) is 0 Å². The van der Waals surface area contributed by atoms with Gasteiger partial charge in [0.1, 0.15) is 18.2 Å². The molecular weight excluding hydrogens is 567 g/mol. The Balaban J connectivity index is 1.60. The molecule has 3 aromatic rings. The molecule has 0 fully saturated rings. The van der Waals surface area contributed by atoms with Crippen molar-refractivity contribution in [3.63, 3.8) is 0 Å². The molecule has 1 aliphatic carbocycles. The lowest BCUT2D eigenvalue weighted by atomic mass is 9.75. The maximum Gasteiger partial charge on any atom is 0.310 e. The first-order valence-electron chi connectivity index (χ1n) is 12.7. The minimum absolute atomic E-state index is 0.0507. The molecule has 0 unspecified atom stereocenters. The average Bonchev–Trinajstić information content (AvgIpc) is 2.97. The third-order valence-electron chi connectivity index (χ3n) is 7.16. The van der Waals surface area contributed by atoms with Gasteiger partial charge in [-0.05, 0) is 54.8 Å². The second-order valence-electron chi connectivity index (χ2n) is 9.50. The van der Waals surface area contributed by atoms with Crippen LogP contribution in [0.15, 0.2) is 83.3 Å². The van der Waals surface area contributed by atoms with E-state index in [1.165, 1.54) is 19.2 Å². The van der Waals surface area contributed by atoms with Crippen LogP contribution in [-0.2, 0) is 11.4 Å². The van der Waals surface area contributed by atoms with Gasteiger partial charge in [-0.1, -0.05) is 41.4 Å². The standard InChI is InChI=1S/C30H24Cl2N4O5/c1-40-26-12-9-17(13-18(26)16-41-27-8-3-2-5-23(27)36(38)39)28-20(15-33)30(34)35(19-10-11-21(31)22(32)14-19)24-6-4-7-25(37)29(24)28/h2-3,5,8-14,28H,4,6-7,16,34H2,1H3/t28-/m1/s1. The van der Waals surface area contributed by atoms with Gasteiger partial charge in [-0.25, -0.2) is 0 Å². The Morgan fingerprint density at radius 3 is 2.59 bits per heavy atom. The number of methoxy groups -OCH3 is 1. The lowest BCUT2D eigenvalue weighted by Gasteiger charge is -2.39. The molecule has 0 amide bonds. The molecule has 0 radical (unpaired) electrons. The van der Waals surface area contributed by atoms with E-state index in [1.807, 2.05) is 0 Å². The van der Waals surface area contributed by atoms with Crippen molar-refractivity contribution in [2.75, 3.05) is 12.0 Å². The topological polar surface area (TPSA) is 132 Å². The van der Waals surface area contributed by atoms with E-state index >= 15 is 0 Å². The summed E-state index contributed by atoms with van der Waals surface area (Å²) in [7, 11) is 1.50. The average molecular weight is 591 g/mol. The number of nitriles is 1. The summed E-state index contributed by atoms with van der Waals surface area (Å²) in [4.78, 5) is 26.1. The van der Waals surface area contributed by atoms with Crippen molar-refractivity contribution in [3.05, 3.63) is 115 Å². The fraction of sp³-hybridized carbons (Fsp3) is 0.200. The number of anilines is 1. The summed E-state index contributed by atoms with van der Waals surface area (Å²) in [5.41, 5.74) is 9.71. The predicted molar refractivity (Wildman–Crippen MR) is 155 cm³/mol. The number of benzene rings is 3. The van der Waals surface area contributed by atoms with Crippen LogP contribution in [0.3, 0.4) is 0 Å². The summed E-state index contributed by atoms with van der Waals surface area (Å²) < 4.78 is 11.4. The fourth-order valence-corrected chi connectivity index (χ4v) is 5.61. The number of nitro groups is 1. The van der Waals surface area contributed by atoms with E-state index in [1.54, 1.807) is 53.4 Å². The van der Waals surface area contributed by atoms with Crippen molar-refractivity contribution < 1.29 is 19.2 Å². The number of nitrogens with zero attached hydrogens (tertiary/aromatic N) is 3. The Morgan fingerprint density at radius 2 is 1.88 bits per heavy atom. The number of rotatable bonds is 7. The molecule has 41 heavy (non-hydrogen) atoms. The minimum Gasteiger partial charge on any atom is -0.496 e. The van der Waals surface area contributed by atoms with Crippen LogP contribution < -0.4 is 20.1 Å². The molecular formula is C30H24Cl2N4O5. The third-order valence-corrected chi connectivity index (χ3v) is 7.90. The summed E-state index contributed by atoms with van der Waals surface area (Å²) in [5.74, 6) is -0.0140. The van der Waals surface area contributed by atoms with E-state index in [-0.39, 0.29) is 35.2 Å².